The molecule has 10 heteroatoms. The molecule has 0 aromatic carbocycles. The summed E-state index contributed by atoms with van der Waals surface area (Å²) >= 11 is 0. The number of amides is 3. The Labute approximate surface area is 200 Å². The van der Waals surface area contributed by atoms with Gasteiger partial charge in [0, 0.05) is 32.8 Å². The van der Waals surface area contributed by atoms with E-state index in [0.29, 0.717) is 55.7 Å². The molecule has 1 N–H and O–H groups in total. The second-order valence-electron chi connectivity index (χ2n) is 9.22. The van der Waals surface area contributed by atoms with Crippen molar-refractivity contribution in [3.05, 3.63) is 41.7 Å². The van der Waals surface area contributed by atoms with E-state index in [4.69, 9.17) is 0 Å². The van der Waals surface area contributed by atoms with Gasteiger partial charge in [0.1, 0.15) is 23.4 Å². The first-order valence-corrected chi connectivity index (χ1v) is 11.8. The minimum absolute atomic E-state index is 0.135. The number of aryl methyl sites for hydroxylation is 1. The van der Waals surface area contributed by atoms with Crippen molar-refractivity contribution < 1.29 is 14.4 Å². The molecule has 1 aliphatic heterocycles. The van der Waals surface area contributed by atoms with Crippen LogP contribution in [0.1, 0.15) is 68.2 Å². The zero-order valence-electron chi connectivity index (χ0n) is 20.7. The van der Waals surface area contributed by atoms with Crippen molar-refractivity contribution in [3.8, 4) is 0 Å². The van der Waals surface area contributed by atoms with Gasteiger partial charge in [0.25, 0.3) is 5.91 Å². The molecule has 0 aliphatic carbocycles. The summed E-state index contributed by atoms with van der Waals surface area (Å²) in [6.45, 7) is 8.89. The molecule has 0 unspecified atom stereocenters. The number of nitrogens with one attached hydrogen (secondary N) is 1. The lowest BCUT2D eigenvalue weighted by Gasteiger charge is -2.29. The van der Waals surface area contributed by atoms with Crippen LogP contribution in [0.15, 0.2) is 24.4 Å². The lowest BCUT2D eigenvalue weighted by atomic mass is 10.0. The maximum atomic E-state index is 13.2. The summed E-state index contributed by atoms with van der Waals surface area (Å²) in [6, 6.07) is 4.25. The maximum Gasteiger partial charge on any atom is 0.272 e. The average Bonchev–Trinajstić information content (AvgIpc) is 3.19. The van der Waals surface area contributed by atoms with E-state index in [2.05, 4.69) is 34.2 Å². The Balaban J connectivity index is 1.95. The molecular weight excluding hydrogens is 434 g/mol. The number of aromatic nitrogens is 4. The molecule has 2 atom stereocenters. The fraction of sp³-hybridized carbons (Fsp3) is 0.583. The van der Waals surface area contributed by atoms with Crippen LogP contribution in [-0.4, -0.2) is 73.4 Å². The quantitative estimate of drug-likeness (QED) is 0.735. The third-order valence-corrected chi connectivity index (χ3v) is 6.07. The summed E-state index contributed by atoms with van der Waals surface area (Å²) in [5.74, 6) is 1.01. The molecule has 0 radical (unpaired) electrons. The molecule has 2 aromatic heterocycles. The Morgan fingerprint density at radius 3 is 2.65 bits per heavy atom. The van der Waals surface area contributed by atoms with Crippen LogP contribution in [0.4, 0.5) is 0 Å². The summed E-state index contributed by atoms with van der Waals surface area (Å²) in [6.07, 6.45) is 2.98. The van der Waals surface area contributed by atoms with Crippen LogP contribution in [-0.2, 0) is 16.1 Å². The zero-order chi connectivity index (χ0) is 24.8. The predicted molar refractivity (Wildman–Crippen MR) is 127 cm³/mol. The summed E-state index contributed by atoms with van der Waals surface area (Å²) in [5, 5.41) is 7.64. The highest BCUT2D eigenvalue weighted by molar-refractivity contribution is 5.92. The Kier molecular flexibility index (Phi) is 8.36. The molecule has 0 bridgehead atoms. The van der Waals surface area contributed by atoms with Crippen molar-refractivity contribution >= 4 is 17.7 Å². The van der Waals surface area contributed by atoms with E-state index in [1.165, 1.54) is 4.90 Å². The molecule has 3 rings (SSSR count). The second-order valence-corrected chi connectivity index (χ2v) is 9.22. The normalized spacial score (nSPS) is 20.6. The standard InChI is InChI=1S/C24H35N7O3/c1-16(2)15-20-22-26-18(4)28-31(22)14-13-30(24(34)19-9-6-7-11-25-19)12-8-10-21(32)29(5)17(3)23(33)27-20/h6-7,9,11,16-17,20H,8,10,12-15H2,1-5H3,(H,27,33)/t17-,20+/m0/s1. The van der Waals surface area contributed by atoms with Gasteiger partial charge < -0.3 is 15.1 Å². The molecule has 2 aromatic rings. The predicted octanol–water partition coefficient (Wildman–Crippen LogP) is 1.97. The van der Waals surface area contributed by atoms with Crippen LogP contribution in [0.3, 0.4) is 0 Å². The van der Waals surface area contributed by atoms with Gasteiger partial charge in [-0.2, -0.15) is 5.10 Å². The third-order valence-electron chi connectivity index (χ3n) is 6.07. The minimum Gasteiger partial charge on any atom is -0.344 e. The van der Waals surface area contributed by atoms with Crippen LogP contribution < -0.4 is 5.32 Å². The van der Waals surface area contributed by atoms with Crippen molar-refractivity contribution in [1.29, 1.82) is 0 Å². The Morgan fingerprint density at radius 1 is 1.21 bits per heavy atom. The first-order valence-electron chi connectivity index (χ1n) is 11.8. The van der Waals surface area contributed by atoms with Gasteiger partial charge in [-0.05, 0) is 44.7 Å². The topological polar surface area (TPSA) is 113 Å². The van der Waals surface area contributed by atoms with E-state index < -0.39 is 6.04 Å². The number of rotatable bonds is 3. The number of hydrogen-bond donors (Lipinski definition) is 1. The van der Waals surface area contributed by atoms with Crippen LogP contribution in [0, 0.1) is 12.8 Å². The summed E-state index contributed by atoms with van der Waals surface area (Å²) in [7, 11) is 1.64. The Morgan fingerprint density at radius 2 is 1.97 bits per heavy atom. The number of carbonyl (C=O) groups is 3. The zero-order valence-corrected chi connectivity index (χ0v) is 20.7. The van der Waals surface area contributed by atoms with Gasteiger partial charge in [-0.3, -0.25) is 19.4 Å². The molecule has 0 saturated carbocycles. The van der Waals surface area contributed by atoms with Gasteiger partial charge >= 0.3 is 0 Å². The Bertz CT molecular complexity index is 1010. The van der Waals surface area contributed by atoms with Crippen molar-refractivity contribution in [1.82, 2.24) is 34.9 Å². The maximum absolute atomic E-state index is 13.2. The largest absolute Gasteiger partial charge is 0.344 e. The van der Waals surface area contributed by atoms with E-state index in [9.17, 15) is 14.4 Å². The van der Waals surface area contributed by atoms with Crippen LogP contribution in [0.5, 0.6) is 0 Å². The molecule has 34 heavy (non-hydrogen) atoms. The monoisotopic (exact) mass is 469 g/mol. The molecule has 0 saturated heterocycles. The van der Waals surface area contributed by atoms with E-state index >= 15 is 0 Å². The summed E-state index contributed by atoms with van der Waals surface area (Å²) in [5.41, 5.74) is 0.362. The second kappa shape index (κ2) is 11.2. The molecule has 184 valence electrons. The lowest BCUT2D eigenvalue weighted by molar-refractivity contribution is -0.138. The number of pyridine rings is 1. The smallest absolute Gasteiger partial charge is 0.272 e. The number of likely N-dealkylation sites (N-methyl/N-ethyl adjacent to an activating group) is 1. The van der Waals surface area contributed by atoms with Crippen LogP contribution >= 0.6 is 0 Å². The number of fused-ring (bicyclic) bond motifs is 1. The first kappa shape index (κ1) is 25.3. The fourth-order valence-electron chi connectivity index (χ4n) is 4.06. The van der Waals surface area contributed by atoms with Crippen molar-refractivity contribution in [2.24, 2.45) is 5.92 Å². The first-order chi connectivity index (χ1) is 16.2. The van der Waals surface area contributed by atoms with E-state index in [1.54, 1.807) is 47.9 Å². The molecule has 0 spiro atoms. The molecular formula is C24H35N7O3. The average molecular weight is 470 g/mol. The SMILES string of the molecule is Cc1nc2n(n1)CCN(C(=O)c1ccccn1)CCCC(=O)N(C)[C@@H](C)C(=O)N[C@@H]2CC(C)C. The van der Waals surface area contributed by atoms with Gasteiger partial charge in [-0.1, -0.05) is 19.9 Å². The van der Waals surface area contributed by atoms with Gasteiger partial charge in [-0.15, -0.1) is 0 Å². The third kappa shape index (κ3) is 6.18. The summed E-state index contributed by atoms with van der Waals surface area (Å²) < 4.78 is 1.78. The van der Waals surface area contributed by atoms with Crippen molar-refractivity contribution in [3.63, 3.8) is 0 Å². The fourth-order valence-corrected chi connectivity index (χ4v) is 4.06. The lowest BCUT2D eigenvalue weighted by Crippen LogP contribution is -2.47. The Hall–Kier alpha value is -3.30. The number of carbonyl (C=O) groups excluding carboxylic acids is 3. The number of nitrogens with zero attached hydrogens (tertiary/aromatic N) is 6. The van der Waals surface area contributed by atoms with Crippen LogP contribution in [0.25, 0.3) is 0 Å². The van der Waals surface area contributed by atoms with Gasteiger partial charge in [0.05, 0.1) is 12.6 Å². The highest BCUT2D eigenvalue weighted by Gasteiger charge is 2.29. The molecule has 10 nitrogen and oxygen atoms in total. The summed E-state index contributed by atoms with van der Waals surface area (Å²) in [4.78, 5) is 50.9. The van der Waals surface area contributed by atoms with E-state index in [0.717, 1.165) is 0 Å². The van der Waals surface area contributed by atoms with Gasteiger partial charge in [0.2, 0.25) is 11.8 Å². The molecule has 1 aliphatic rings. The van der Waals surface area contributed by atoms with Gasteiger partial charge in [-0.25, -0.2) is 9.67 Å². The molecule has 3 heterocycles. The highest BCUT2D eigenvalue weighted by atomic mass is 16.2. The molecule has 0 fully saturated rings. The highest BCUT2D eigenvalue weighted by Crippen LogP contribution is 2.21. The van der Waals surface area contributed by atoms with Gasteiger partial charge in [0.15, 0.2) is 0 Å². The van der Waals surface area contributed by atoms with Crippen LogP contribution in [0.2, 0.25) is 0 Å². The van der Waals surface area contributed by atoms with E-state index in [-0.39, 0.29) is 30.2 Å². The minimum atomic E-state index is -0.631. The number of hydrogen-bond acceptors (Lipinski definition) is 6. The van der Waals surface area contributed by atoms with Crippen molar-refractivity contribution in [2.45, 2.75) is 65.6 Å². The van der Waals surface area contributed by atoms with E-state index in [1.807, 2.05) is 6.92 Å². The van der Waals surface area contributed by atoms with Crippen molar-refractivity contribution in [2.75, 3.05) is 20.1 Å². The molecule has 3 amide bonds.